The summed E-state index contributed by atoms with van der Waals surface area (Å²) in [6, 6.07) is -1.17. The molecule has 0 bridgehead atoms. The lowest BCUT2D eigenvalue weighted by Crippen LogP contribution is -2.58. The van der Waals surface area contributed by atoms with Gasteiger partial charge in [0.05, 0.1) is 6.04 Å². The highest BCUT2D eigenvalue weighted by Crippen LogP contribution is 2.30. The summed E-state index contributed by atoms with van der Waals surface area (Å²) in [6.07, 6.45) is 10.7. The van der Waals surface area contributed by atoms with Gasteiger partial charge in [0, 0.05) is 32.4 Å². The minimum Gasteiger partial charge on any atom is -0.333 e. The maximum absolute atomic E-state index is 13.4. The standard InChI is InChI=1S/C21H37N3O3.C8H15F3.C6H12.C4H6O2.C2H6/c1-5-21(3,4)23-20(27)22-18(16-11-8-6-7-9-12-16)19(26)24-14-10-13-17(24)15(2)25;1-4-6(2)7(3)5-8(9,10)11;1-3-5-6-4-2;1-3(5)4(2)6;1-2/h16-18H,5-14H2,1-4H3,(H2,22,23,27);6-7H,4-5H2,1-3H3;3H,1,4-6H2,2H3;1-2H3;1-2H3. The van der Waals surface area contributed by atoms with E-state index < -0.39 is 18.6 Å². The minimum atomic E-state index is -4.00. The van der Waals surface area contributed by atoms with Gasteiger partial charge in [-0.05, 0) is 77.0 Å². The second kappa shape index (κ2) is 29.7. The van der Waals surface area contributed by atoms with Crippen molar-refractivity contribution in [3.8, 4) is 0 Å². The molecule has 2 aliphatic rings. The number of halogens is 3. The van der Waals surface area contributed by atoms with Crippen LogP contribution in [0.1, 0.15) is 173 Å². The summed E-state index contributed by atoms with van der Waals surface area (Å²) in [5.74, 6) is -0.744. The Hall–Kier alpha value is -2.72. The Labute approximate surface area is 315 Å². The highest BCUT2D eigenvalue weighted by Gasteiger charge is 2.39. The van der Waals surface area contributed by atoms with Crippen molar-refractivity contribution in [1.29, 1.82) is 0 Å². The zero-order valence-corrected chi connectivity index (χ0v) is 34.9. The van der Waals surface area contributed by atoms with Crippen LogP contribution in [0, 0.1) is 17.8 Å². The predicted molar refractivity (Wildman–Crippen MR) is 208 cm³/mol. The third-order valence-corrected chi connectivity index (χ3v) is 9.69. The van der Waals surface area contributed by atoms with E-state index in [4.69, 9.17) is 0 Å². The number of hydrogen-bond acceptors (Lipinski definition) is 5. The van der Waals surface area contributed by atoms with Gasteiger partial charge in [0.15, 0.2) is 17.3 Å². The van der Waals surface area contributed by atoms with E-state index in [9.17, 15) is 37.1 Å². The Balaban J connectivity index is -0.000000785. The first kappa shape index (κ1) is 53.6. The molecule has 1 aliphatic heterocycles. The van der Waals surface area contributed by atoms with E-state index in [-0.39, 0.29) is 58.6 Å². The first-order valence-electron chi connectivity index (χ1n) is 19.8. The summed E-state index contributed by atoms with van der Waals surface area (Å²) in [4.78, 5) is 59.3. The number of rotatable bonds is 13. The summed E-state index contributed by atoms with van der Waals surface area (Å²) in [5, 5.41) is 5.97. The number of Topliss-reactive ketones (excluding diaryl/α,β-unsaturated/α-hetero) is 3. The van der Waals surface area contributed by atoms with Crippen molar-refractivity contribution < 1.29 is 37.1 Å². The Bertz CT molecular complexity index is 1010. The number of urea groups is 1. The number of allylic oxidation sites excluding steroid dienone is 1. The number of carbonyl (C=O) groups excluding carboxylic acids is 5. The predicted octanol–water partition coefficient (Wildman–Crippen LogP) is 10.6. The van der Waals surface area contributed by atoms with Gasteiger partial charge in [-0.2, -0.15) is 13.2 Å². The van der Waals surface area contributed by atoms with E-state index in [0.717, 1.165) is 51.4 Å². The first-order valence-corrected chi connectivity index (χ1v) is 19.8. The van der Waals surface area contributed by atoms with Crippen molar-refractivity contribution >= 4 is 29.3 Å². The van der Waals surface area contributed by atoms with Gasteiger partial charge in [-0.25, -0.2) is 4.79 Å². The molecule has 4 unspecified atom stereocenters. The Morgan fingerprint density at radius 3 is 1.73 bits per heavy atom. The molecular weight excluding hydrogens is 671 g/mol. The Morgan fingerprint density at radius 1 is 0.846 bits per heavy atom. The molecular formula is C41H76F3N3O5. The first-order chi connectivity index (χ1) is 24.2. The van der Waals surface area contributed by atoms with Crippen LogP contribution >= 0.6 is 0 Å². The molecule has 0 radical (unpaired) electrons. The van der Waals surface area contributed by atoms with Crippen LogP contribution in [-0.4, -0.2) is 64.5 Å². The van der Waals surface area contributed by atoms with Crippen molar-refractivity contribution in [2.45, 2.75) is 197 Å². The van der Waals surface area contributed by atoms with E-state index in [1.165, 1.54) is 46.0 Å². The van der Waals surface area contributed by atoms with Crippen LogP contribution < -0.4 is 10.6 Å². The number of unbranched alkanes of at least 4 members (excludes halogenated alkanes) is 2. The van der Waals surface area contributed by atoms with Crippen molar-refractivity contribution in [3.63, 3.8) is 0 Å². The number of nitrogens with one attached hydrogen (secondary N) is 2. The summed E-state index contributed by atoms with van der Waals surface area (Å²) >= 11 is 0. The number of ketones is 3. The van der Waals surface area contributed by atoms with Crippen LogP contribution in [0.25, 0.3) is 0 Å². The SMILES string of the molecule is C=CCCCC.CC.CC(=O)C(C)=O.CCC(C)(C)NC(=O)NC(C(=O)N1CCCC1C(C)=O)C1CCCCCC1.CCC(C)C(C)CC(F)(F)F. The lowest BCUT2D eigenvalue weighted by Gasteiger charge is -2.33. The van der Waals surface area contributed by atoms with Crippen LogP contribution in [0.4, 0.5) is 18.0 Å². The third kappa shape index (κ3) is 26.1. The van der Waals surface area contributed by atoms with Gasteiger partial charge in [-0.15, -0.1) is 6.58 Å². The van der Waals surface area contributed by atoms with Crippen molar-refractivity contribution in [2.75, 3.05) is 6.54 Å². The number of likely N-dealkylation sites (tertiary alicyclic amines) is 1. The molecule has 0 spiro atoms. The van der Waals surface area contributed by atoms with E-state index in [0.29, 0.717) is 6.54 Å². The maximum Gasteiger partial charge on any atom is 0.389 e. The van der Waals surface area contributed by atoms with E-state index in [2.05, 4.69) is 24.1 Å². The molecule has 306 valence electrons. The fourth-order valence-electron chi connectivity index (χ4n) is 5.55. The number of carbonyl (C=O) groups is 5. The van der Waals surface area contributed by atoms with Gasteiger partial charge in [0.25, 0.3) is 0 Å². The molecule has 3 amide bonds. The summed E-state index contributed by atoms with van der Waals surface area (Å²) in [6.45, 7) is 25.8. The molecule has 0 aromatic carbocycles. The molecule has 1 saturated carbocycles. The maximum atomic E-state index is 13.4. The average molecular weight is 748 g/mol. The minimum absolute atomic E-state index is 0.0389. The van der Waals surface area contributed by atoms with Gasteiger partial charge in [0.2, 0.25) is 5.91 Å². The van der Waals surface area contributed by atoms with E-state index in [1.807, 2.05) is 54.5 Å². The highest BCUT2D eigenvalue weighted by molar-refractivity contribution is 6.35. The van der Waals surface area contributed by atoms with Crippen LogP contribution in [-0.2, 0) is 19.2 Å². The molecule has 1 aliphatic carbocycles. The highest BCUT2D eigenvalue weighted by atomic mass is 19.4. The average Bonchev–Trinajstić information content (AvgIpc) is 3.43. The fraction of sp³-hybridized carbons (Fsp3) is 0.829. The van der Waals surface area contributed by atoms with Crippen molar-refractivity contribution in [1.82, 2.24) is 15.5 Å². The molecule has 2 fully saturated rings. The van der Waals surface area contributed by atoms with Crippen LogP contribution in [0.5, 0.6) is 0 Å². The molecule has 2 rings (SSSR count). The number of nitrogens with zero attached hydrogens (tertiary/aromatic N) is 1. The van der Waals surface area contributed by atoms with Gasteiger partial charge in [-0.3, -0.25) is 19.2 Å². The smallest absolute Gasteiger partial charge is 0.333 e. The lowest BCUT2D eigenvalue weighted by molar-refractivity contribution is -0.146. The number of alkyl halides is 3. The zero-order chi connectivity index (χ0) is 41.1. The quantitative estimate of drug-likeness (QED) is 0.0843. The topological polar surface area (TPSA) is 113 Å². The van der Waals surface area contributed by atoms with E-state index in [1.54, 1.807) is 18.7 Å². The molecule has 4 atom stereocenters. The number of amides is 3. The zero-order valence-electron chi connectivity index (χ0n) is 34.9. The van der Waals surface area contributed by atoms with Gasteiger partial charge < -0.3 is 15.5 Å². The Morgan fingerprint density at radius 2 is 1.37 bits per heavy atom. The van der Waals surface area contributed by atoms with Crippen molar-refractivity contribution in [2.24, 2.45) is 17.8 Å². The monoisotopic (exact) mass is 748 g/mol. The fourth-order valence-corrected chi connectivity index (χ4v) is 5.55. The summed E-state index contributed by atoms with van der Waals surface area (Å²) in [5.41, 5.74) is -0.323. The molecule has 11 heteroatoms. The second-order valence-electron chi connectivity index (χ2n) is 14.6. The van der Waals surface area contributed by atoms with Gasteiger partial charge in [0.1, 0.15) is 6.04 Å². The normalized spacial score (nSPS) is 17.6. The van der Waals surface area contributed by atoms with Crippen molar-refractivity contribution in [3.05, 3.63) is 12.7 Å². The third-order valence-electron chi connectivity index (χ3n) is 9.69. The Kier molecular flexibility index (Phi) is 30.6. The molecule has 2 N–H and O–H groups in total. The molecule has 0 aromatic heterocycles. The van der Waals surface area contributed by atoms with Crippen LogP contribution in [0.15, 0.2) is 12.7 Å². The van der Waals surface area contributed by atoms with Crippen LogP contribution in [0.2, 0.25) is 0 Å². The molecule has 1 saturated heterocycles. The summed E-state index contributed by atoms with van der Waals surface area (Å²) in [7, 11) is 0. The lowest BCUT2D eigenvalue weighted by atomic mass is 9.90. The molecule has 0 aromatic rings. The molecule has 52 heavy (non-hydrogen) atoms. The molecule has 1 heterocycles. The van der Waals surface area contributed by atoms with Crippen LogP contribution in [0.3, 0.4) is 0 Å². The largest absolute Gasteiger partial charge is 0.389 e. The van der Waals surface area contributed by atoms with E-state index >= 15 is 0 Å². The molecule has 8 nitrogen and oxygen atoms in total. The summed E-state index contributed by atoms with van der Waals surface area (Å²) < 4.78 is 35.4. The van der Waals surface area contributed by atoms with Gasteiger partial charge in [-0.1, -0.05) is 99.5 Å². The number of hydrogen-bond donors (Lipinski definition) is 2. The second-order valence-corrected chi connectivity index (χ2v) is 14.6. The van der Waals surface area contributed by atoms with Gasteiger partial charge >= 0.3 is 12.2 Å².